The number of fused-ring (bicyclic) bond motifs is 1. The van der Waals surface area contributed by atoms with E-state index in [1.54, 1.807) is 12.3 Å². The van der Waals surface area contributed by atoms with Crippen LogP contribution < -0.4 is 16.1 Å². The molecule has 1 aromatic carbocycles. The van der Waals surface area contributed by atoms with Crippen LogP contribution in [0.15, 0.2) is 34.0 Å². The van der Waals surface area contributed by atoms with Crippen molar-refractivity contribution < 1.29 is 4.21 Å². The van der Waals surface area contributed by atoms with Gasteiger partial charge in [0.15, 0.2) is 0 Å². The maximum atomic E-state index is 12.9. The molecule has 0 radical (unpaired) electrons. The first-order valence-corrected chi connectivity index (χ1v) is 10.7. The summed E-state index contributed by atoms with van der Waals surface area (Å²) in [5.41, 5.74) is 1.93. The minimum absolute atomic E-state index is 0.153. The van der Waals surface area contributed by atoms with Crippen molar-refractivity contribution in [1.82, 2.24) is 19.4 Å². The van der Waals surface area contributed by atoms with Crippen LogP contribution in [0, 0.1) is 0 Å². The zero-order valence-corrected chi connectivity index (χ0v) is 16.6. The minimum Gasteiger partial charge on any atom is -0.305 e. The van der Waals surface area contributed by atoms with Gasteiger partial charge in [0.2, 0.25) is 0 Å². The lowest BCUT2D eigenvalue weighted by Crippen LogP contribution is -2.43. The van der Waals surface area contributed by atoms with Crippen LogP contribution in [-0.2, 0) is 16.1 Å². The summed E-state index contributed by atoms with van der Waals surface area (Å²) in [7, 11) is -2.80. The number of hydrogen-bond donors (Lipinski definition) is 2. The highest BCUT2D eigenvalue weighted by atomic mass is 32.2. The number of nitrogens with one attached hydrogen (secondary N) is 2. The van der Waals surface area contributed by atoms with Crippen LogP contribution in [-0.4, -0.2) is 35.8 Å². The number of aromatic amines is 1. The minimum atomic E-state index is -2.80. The number of H-pyrrole nitrogens is 1. The smallest absolute Gasteiger partial charge is 0.305 e. The van der Waals surface area contributed by atoms with Crippen molar-refractivity contribution in [2.75, 3.05) is 11.1 Å². The molecule has 0 aliphatic rings. The molecule has 1 atom stereocenters. The lowest BCUT2D eigenvalue weighted by molar-refractivity contribution is 0.538. The van der Waals surface area contributed by atoms with Gasteiger partial charge in [0.1, 0.15) is 0 Å². The lowest BCUT2D eigenvalue weighted by atomic mass is 9.99. The Morgan fingerprint density at radius 3 is 2.63 bits per heavy atom. The molecule has 0 aliphatic heterocycles. The van der Waals surface area contributed by atoms with Gasteiger partial charge < -0.3 is 4.98 Å². The topological polar surface area (TPSA) is 102 Å². The highest BCUT2D eigenvalue weighted by molar-refractivity contribution is 8.00. The summed E-state index contributed by atoms with van der Waals surface area (Å²) in [6.45, 7) is 6.07. The van der Waals surface area contributed by atoms with E-state index in [9.17, 15) is 13.8 Å². The molecule has 0 saturated carbocycles. The van der Waals surface area contributed by atoms with E-state index in [2.05, 4.69) is 20.8 Å². The van der Waals surface area contributed by atoms with Crippen LogP contribution in [0.3, 0.4) is 0 Å². The number of aryl methyl sites for hydroxylation is 1. The second-order valence-corrected chi connectivity index (χ2v) is 9.02. The molecule has 0 fully saturated rings. The summed E-state index contributed by atoms with van der Waals surface area (Å²) in [6.07, 6.45) is 3.76. The average Bonchev–Trinajstić information content (AvgIpc) is 3.06. The van der Waals surface area contributed by atoms with Gasteiger partial charge in [-0.1, -0.05) is 6.92 Å². The van der Waals surface area contributed by atoms with Crippen LogP contribution in [0.25, 0.3) is 22.2 Å². The summed E-state index contributed by atoms with van der Waals surface area (Å²) in [5.74, 6) is 3.44. The molecule has 3 aromatic rings. The van der Waals surface area contributed by atoms with Crippen molar-refractivity contribution in [3.63, 3.8) is 0 Å². The van der Waals surface area contributed by atoms with Gasteiger partial charge in [0, 0.05) is 24.1 Å². The van der Waals surface area contributed by atoms with Crippen molar-refractivity contribution in [1.29, 1.82) is 0 Å². The van der Waals surface area contributed by atoms with E-state index in [0.717, 1.165) is 23.2 Å². The van der Waals surface area contributed by atoms with E-state index >= 15 is 0 Å². The van der Waals surface area contributed by atoms with Gasteiger partial charge in [-0.2, -0.15) is 9.77 Å². The second kappa shape index (κ2) is 6.73. The molecule has 0 amide bonds. The number of aromatic nitrogens is 4. The first-order chi connectivity index (χ1) is 12.6. The standard InChI is InChI=1S/C18H23N5O3S/c1-6-12-9-15-14(10-13(12)16-7-8-19-22(16)11(2)3)17(24)23(18(25)20-15)21-27(4,5)26/h7-11H,4,6H2,1-3,5H3,(H,20,25)(H,21,26). The van der Waals surface area contributed by atoms with Crippen molar-refractivity contribution in [3.8, 4) is 11.3 Å². The van der Waals surface area contributed by atoms with Crippen molar-refractivity contribution >= 4 is 26.5 Å². The maximum absolute atomic E-state index is 12.9. The molecule has 1 unspecified atom stereocenters. The quantitative estimate of drug-likeness (QED) is 0.646. The van der Waals surface area contributed by atoms with Crippen molar-refractivity contribution in [2.24, 2.45) is 0 Å². The zero-order valence-electron chi connectivity index (χ0n) is 15.8. The first kappa shape index (κ1) is 19.0. The molecule has 9 heteroatoms. The molecule has 144 valence electrons. The van der Waals surface area contributed by atoms with Gasteiger partial charge in [-0.05, 0) is 49.9 Å². The molecule has 0 saturated heterocycles. The molecule has 27 heavy (non-hydrogen) atoms. The van der Waals surface area contributed by atoms with E-state index in [1.165, 1.54) is 6.26 Å². The molecule has 3 rings (SSSR count). The predicted molar refractivity (Wildman–Crippen MR) is 110 cm³/mol. The van der Waals surface area contributed by atoms with Gasteiger partial charge in [0.25, 0.3) is 5.56 Å². The Morgan fingerprint density at radius 1 is 1.33 bits per heavy atom. The average molecular weight is 389 g/mol. The largest absolute Gasteiger partial charge is 0.348 e. The molecule has 0 bridgehead atoms. The Hall–Kier alpha value is -2.81. The van der Waals surface area contributed by atoms with Crippen molar-refractivity contribution in [3.05, 3.63) is 50.8 Å². The van der Waals surface area contributed by atoms with Gasteiger partial charge in [-0.15, -0.1) is 0 Å². The number of rotatable bonds is 5. The number of hydrogen-bond acceptors (Lipinski definition) is 4. The van der Waals surface area contributed by atoms with Crippen molar-refractivity contribution in [2.45, 2.75) is 33.2 Å². The second-order valence-electron chi connectivity index (χ2n) is 6.83. The third kappa shape index (κ3) is 3.55. The first-order valence-electron chi connectivity index (χ1n) is 8.58. The zero-order chi connectivity index (χ0) is 19.9. The summed E-state index contributed by atoms with van der Waals surface area (Å²) in [5, 5.41) is 4.68. The Labute approximate surface area is 157 Å². The van der Waals surface area contributed by atoms with Crippen LogP contribution in [0.1, 0.15) is 32.4 Å². The van der Waals surface area contributed by atoms with Crippen LogP contribution in [0.5, 0.6) is 0 Å². The fourth-order valence-electron chi connectivity index (χ4n) is 3.05. The fourth-order valence-corrected chi connectivity index (χ4v) is 3.61. The highest BCUT2D eigenvalue weighted by Gasteiger charge is 2.16. The van der Waals surface area contributed by atoms with E-state index in [4.69, 9.17) is 0 Å². The molecule has 2 heterocycles. The molecule has 0 spiro atoms. The Morgan fingerprint density at radius 2 is 2.04 bits per heavy atom. The van der Waals surface area contributed by atoms with Gasteiger partial charge in [-0.3, -0.25) is 9.48 Å². The van der Waals surface area contributed by atoms with Gasteiger partial charge >= 0.3 is 5.69 Å². The normalized spacial score (nSPS) is 13.8. The van der Waals surface area contributed by atoms with Crippen LogP contribution in [0.4, 0.5) is 0 Å². The monoisotopic (exact) mass is 389 g/mol. The number of nitrogens with zero attached hydrogens (tertiary/aromatic N) is 3. The van der Waals surface area contributed by atoms with E-state index in [-0.39, 0.29) is 6.04 Å². The molecule has 8 nitrogen and oxygen atoms in total. The Kier molecular flexibility index (Phi) is 4.73. The molecular formula is C18H23N5O3S. The maximum Gasteiger partial charge on any atom is 0.348 e. The van der Waals surface area contributed by atoms with E-state index in [0.29, 0.717) is 15.6 Å². The van der Waals surface area contributed by atoms with Gasteiger partial charge in [-0.25, -0.2) is 13.8 Å². The molecular weight excluding hydrogens is 366 g/mol. The SMILES string of the molecule is C=S(C)(=O)Nn1c(=O)[nH]c2cc(CC)c(-c3ccnn3C(C)C)cc2c1=O. The Bertz CT molecular complexity index is 1230. The molecule has 2 aromatic heterocycles. The fraction of sp³-hybridized carbons (Fsp3) is 0.333. The van der Waals surface area contributed by atoms with E-state index in [1.807, 2.05) is 37.6 Å². The van der Waals surface area contributed by atoms with Crippen LogP contribution >= 0.6 is 0 Å². The van der Waals surface area contributed by atoms with E-state index < -0.39 is 21.0 Å². The Balaban J connectivity index is 2.35. The summed E-state index contributed by atoms with van der Waals surface area (Å²) < 4.78 is 14.5. The molecule has 0 aliphatic carbocycles. The highest BCUT2D eigenvalue weighted by Crippen LogP contribution is 2.28. The summed E-state index contributed by atoms with van der Waals surface area (Å²) in [4.78, 5) is 30.2. The number of benzene rings is 1. The summed E-state index contributed by atoms with van der Waals surface area (Å²) in [6, 6.07) is 5.61. The third-order valence-electron chi connectivity index (χ3n) is 4.22. The predicted octanol–water partition coefficient (Wildman–Crippen LogP) is 1.50. The lowest BCUT2D eigenvalue weighted by Gasteiger charge is -2.15. The van der Waals surface area contributed by atoms with Gasteiger partial charge in [0.05, 0.1) is 26.3 Å². The van der Waals surface area contributed by atoms with Crippen LogP contribution in [0.2, 0.25) is 0 Å². The third-order valence-corrected chi connectivity index (χ3v) is 4.79. The molecule has 2 N–H and O–H groups in total. The summed E-state index contributed by atoms with van der Waals surface area (Å²) >= 11 is 0.